The molecule has 14 heavy (non-hydrogen) atoms. The van der Waals surface area contributed by atoms with E-state index in [0.717, 1.165) is 12.3 Å². The van der Waals surface area contributed by atoms with Gasteiger partial charge in [-0.05, 0) is 6.07 Å². The van der Waals surface area contributed by atoms with E-state index in [9.17, 15) is 13.2 Å². The van der Waals surface area contributed by atoms with Gasteiger partial charge in [-0.1, -0.05) is 11.6 Å². The van der Waals surface area contributed by atoms with Crippen molar-refractivity contribution >= 4 is 17.3 Å². The largest absolute Gasteiger partial charge is 0.407 e. The molecule has 0 aliphatic heterocycles. The molecule has 0 aromatic carbocycles. The molecule has 78 valence electrons. The van der Waals surface area contributed by atoms with Gasteiger partial charge in [-0.3, -0.25) is 0 Å². The van der Waals surface area contributed by atoms with Crippen LogP contribution in [-0.4, -0.2) is 11.2 Å². The molecule has 7 heteroatoms. The molecular formula is C7H7ClF3N3. The number of anilines is 1. The first-order valence-electron chi connectivity index (χ1n) is 3.55. The second-order valence-corrected chi connectivity index (χ2v) is 3.03. The summed E-state index contributed by atoms with van der Waals surface area (Å²) in [5.74, 6) is 0. The predicted molar refractivity (Wildman–Crippen MR) is 46.6 cm³/mol. The first kappa shape index (κ1) is 11.1. The van der Waals surface area contributed by atoms with Crippen molar-refractivity contribution in [1.29, 1.82) is 0 Å². The summed E-state index contributed by atoms with van der Waals surface area (Å²) in [4.78, 5) is 3.47. The summed E-state index contributed by atoms with van der Waals surface area (Å²) in [6.45, 7) is 0. The zero-order valence-electron chi connectivity index (χ0n) is 6.85. The van der Waals surface area contributed by atoms with Crippen LogP contribution in [0.15, 0.2) is 12.3 Å². The van der Waals surface area contributed by atoms with E-state index in [1.807, 2.05) is 0 Å². The van der Waals surface area contributed by atoms with Crippen molar-refractivity contribution in [2.45, 2.75) is 12.2 Å². The lowest BCUT2D eigenvalue weighted by Crippen LogP contribution is -2.29. The van der Waals surface area contributed by atoms with Crippen LogP contribution in [0.1, 0.15) is 11.6 Å². The molecule has 0 aliphatic carbocycles. The summed E-state index contributed by atoms with van der Waals surface area (Å²) in [6, 6.07) is -1.10. The highest BCUT2D eigenvalue weighted by molar-refractivity contribution is 6.30. The molecule has 4 N–H and O–H groups in total. The maximum Gasteiger partial charge on any atom is 0.407 e. The summed E-state index contributed by atoms with van der Waals surface area (Å²) in [5, 5.41) is -0.288. The predicted octanol–water partition coefficient (Wildman–Crippen LogP) is 1.88. The van der Waals surface area contributed by atoms with Crippen molar-refractivity contribution in [2.75, 3.05) is 5.73 Å². The Bertz CT molecular complexity index is 339. The molecule has 0 radical (unpaired) electrons. The second kappa shape index (κ2) is 3.62. The first-order valence-corrected chi connectivity index (χ1v) is 3.93. The Labute approximate surface area is 82.9 Å². The number of hydrogen-bond donors (Lipinski definition) is 2. The fourth-order valence-corrected chi connectivity index (χ4v) is 1.10. The van der Waals surface area contributed by atoms with E-state index in [1.165, 1.54) is 0 Å². The fourth-order valence-electron chi connectivity index (χ4n) is 0.877. The minimum Gasteiger partial charge on any atom is -0.397 e. The van der Waals surface area contributed by atoms with Crippen molar-refractivity contribution in [3.8, 4) is 0 Å². The topological polar surface area (TPSA) is 64.9 Å². The van der Waals surface area contributed by atoms with Gasteiger partial charge in [-0.25, -0.2) is 4.98 Å². The minimum atomic E-state index is -4.56. The van der Waals surface area contributed by atoms with Crippen molar-refractivity contribution in [3.63, 3.8) is 0 Å². The van der Waals surface area contributed by atoms with Crippen LogP contribution in [-0.2, 0) is 0 Å². The maximum atomic E-state index is 12.2. The highest BCUT2D eigenvalue weighted by atomic mass is 35.5. The van der Waals surface area contributed by atoms with Crippen molar-refractivity contribution in [2.24, 2.45) is 5.73 Å². The van der Waals surface area contributed by atoms with Gasteiger partial charge in [0.05, 0.1) is 11.9 Å². The van der Waals surface area contributed by atoms with Gasteiger partial charge in [-0.2, -0.15) is 13.2 Å². The Kier molecular flexibility index (Phi) is 2.86. The molecule has 0 unspecified atom stereocenters. The summed E-state index contributed by atoms with van der Waals surface area (Å²) < 4.78 is 36.6. The molecule has 0 aliphatic rings. The highest BCUT2D eigenvalue weighted by Crippen LogP contribution is 2.33. The van der Waals surface area contributed by atoms with Crippen LogP contribution in [0.25, 0.3) is 0 Å². The van der Waals surface area contributed by atoms with Gasteiger partial charge >= 0.3 is 6.18 Å². The van der Waals surface area contributed by atoms with Gasteiger partial charge in [-0.15, -0.1) is 0 Å². The average Bonchev–Trinajstić information content (AvgIpc) is 2.06. The molecule has 1 heterocycles. The molecule has 1 aromatic rings. The standard InChI is InChI=1S/C7H7ClF3N3/c8-6-4(1-3(12)2-14-6)5(13)7(9,10)11/h1-2,5H,12-13H2/t5-/m1/s1. The molecule has 1 atom stereocenters. The SMILES string of the molecule is Nc1cnc(Cl)c([C@@H](N)C(F)(F)F)c1. The highest BCUT2D eigenvalue weighted by Gasteiger charge is 2.39. The minimum absolute atomic E-state index is 0.0871. The van der Waals surface area contributed by atoms with Crippen LogP contribution in [0, 0.1) is 0 Å². The first-order chi connectivity index (χ1) is 6.32. The normalized spacial score (nSPS) is 14.1. The third kappa shape index (κ3) is 2.27. The van der Waals surface area contributed by atoms with Crippen LogP contribution in [0.2, 0.25) is 5.15 Å². The molecule has 0 fully saturated rings. The molecule has 0 spiro atoms. The van der Waals surface area contributed by atoms with Crippen LogP contribution in [0.4, 0.5) is 18.9 Å². The maximum absolute atomic E-state index is 12.2. The number of nitrogen functional groups attached to an aromatic ring is 1. The van der Waals surface area contributed by atoms with E-state index in [2.05, 4.69) is 4.98 Å². The van der Waals surface area contributed by atoms with E-state index in [0.29, 0.717) is 0 Å². The molecular weight excluding hydrogens is 219 g/mol. The Morgan fingerprint density at radius 3 is 2.50 bits per heavy atom. The number of nitrogens with zero attached hydrogens (tertiary/aromatic N) is 1. The zero-order valence-corrected chi connectivity index (χ0v) is 7.60. The Morgan fingerprint density at radius 1 is 1.43 bits per heavy atom. The lowest BCUT2D eigenvalue weighted by atomic mass is 10.1. The number of rotatable bonds is 1. The third-order valence-corrected chi connectivity index (χ3v) is 1.89. The van der Waals surface area contributed by atoms with Crippen LogP contribution in [0.5, 0.6) is 0 Å². The van der Waals surface area contributed by atoms with E-state index in [4.69, 9.17) is 23.1 Å². The van der Waals surface area contributed by atoms with E-state index in [-0.39, 0.29) is 16.4 Å². The molecule has 1 rings (SSSR count). The summed E-state index contributed by atoms with van der Waals surface area (Å²) in [7, 11) is 0. The van der Waals surface area contributed by atoms with Gasteiger partial charge in [0.1, 0.15) is 11.2 Å². The summed E-state index contributed by atoms with van der Waals surface area (Å²) >= 11 is 5.45. The Hall–Kier alpha value is -1.01. The number of pyridine rings is 1. The van der Waals surface area contributed by atoms with Crippen molar-refractivity contribution < 1.29 is 13.2 Å². The van der Waals surface area contributed by atoms with Gasteiger partial charge < -0.3 is 11.5 Å². The van der Waals surface area contributed by atoms with Crippen molar-refractivity contribution in [3.05, 3.63) is 23.0 Å². The fraction of sp³-hybridized carbons (Fsp3) is 0.286. The second-order valence-electron chi connectivity index (χ2n) is 2.67. The van der Waals surface area contributed by atoms with E-state index >= 15 is 0 Å². The quantitative estimate of drug-likeness (QED) is 0.718. The van der Waals surface area contributed by atoms with Crippen LogP contribution < -0.4 is 11.5 Å². The third-order valence-electron chi connectivity index (χ3n) is 1.58. The van der Waals surface area contributed by atoms with E-state index < -0.39 is 12.2 Å². The zero-order chi connectivity index (χ0) is 10.9. The monoisotopic (exact) mass is 225 g/mol. The van der Waals surface area contributed by atoms with Gasteiger partial charge in [0, 0.05) is 5.56 Å². The van der Waals surface area contributed by atoms with Gasteiger partial charge in [0.2, 0.25) is 0 Å². The van der Waals surface area contributed by atoms with Crippen LogP contribution in [0.3, 0.4) is 0 Å². The van der Waals surface area contributed by atoms with Crippen LogP contribution >= 0.6 is 11.6 Å². The Morgan fingerprint density at radius 2 is 2.00 bits per heavy atom. The molecule has 0 saturated carbocycles. The molecule has 0 amide bonds. The van der Waals surface area contributed by atoms with Crippen molar-refractivity contribution in [1.82, 2.24) is 4.98 Å². The summed E-state index contributed by atoms with van der Waals surface area (Å²) in [5.41, 5.74) is 9.97. The smallest absolute Gasteiger partial charge is 0.397 e. The number of hydrogen-bond acceptors (Lipinski definition) is 3. The molecule has 0 bridgehead atoms. The number of nitrogens with two attached hydrogens (primary N) is 2. The molecule has 1 aromatic heterocycles. The number of alkyl halides is 3. The Balaban J connectivity index is 3.12. The number of aromatic nitrogens is 1. The molecule has 0 saturated heterocycles. The number of halogens is 4. The average molecular weight is 226 g/mol. The summed E-state index contributed by atoms with van der Waals surface area (Å²) in [6.07, 6.45) is -3.39. The lowest BCUT2D eigenvalue weighted by Gasteiger charge is -2.16. The lowest BCUT2D eigenvalue weighted by molar-refractivity contribution is -0.149. The molecule has 3 nitrogen and oxygen atoms in total. The van der Waals surface area contributed by atoms with Gasteiger partial charge in [0.25, 0.3) is 0 Å². The van der Waals surface area contributed by atoms with E-state index in [1.54, 1.807) is 0 Å². The van der Waals surface area contributed by atoms with Gasteiger partial charge in [0.15, 0.2) is 0 Å².